The van der Waals surface area contributed by atoms with Crippen LogP contribution in [0.25, 0.3) is 22.2 Å². The summed E-state index contributed by atoms with van der Waals surface area (Å²) in [5.74, 6) is 0.695. The zero-order chi connectivity index (χ0) is 20.7. The highest BCUT2D eigenvalue weighted by Gasteiger charge is 2.26. The van der Waals surface area contributed by atoms with Gasteiger partial charge in [0.25, 0.3) is 5.91 Å². The van der Waals surface area contributed by atoms with E-state index in [4.69, 9.17) is 0 Å². The van der Waals surface area contributed by atoms with Crippen molar-refractivity contribution in [2.45, 2.75) is 25.8 Å². The number of hydrogen-bond donors (Lipinski definition) is 3. The first-order valence-electron chi connectivity index (χ1n) is 10.1. The van der Waals surface area contributed by atoms with Crippen LogP contribution in [0.1, 0.15) is 36.4 Å². The van der Waals surface area contributed by atoms with Gasteiger partial charge in [-0.2, -0.15) is 0 Å². The van der Waals surface area contributed by atoms with Crippen molar-refractivity contribution < 1.29 is 4.79 Å². The first kappa shape index (κ1) is 18.3. The zero-order valence-electron chi connectivity index (χ0n) is 16.6. The van der Waals surface area contributed by atoms with E-state index in [9.17, 15) is 9.59 Å². The van der Waals surface area contributed by atoms with Crippen molar-refractivity contribution in [3.8, 4) is 0 Å². The summed E-state index contributed by atoms with van der Waals surface area (Å²) in [4.78, 5) is 45.7. The number of H-pyrrole nitrogens is 2. The number of imidazole rings is 2. The van der Waals surface area contributed by atoms with Gasteiger partial charge in [0.15, 0.2) is 17.3 Å². The minimum atomic E-state index is -0.265. The minimum Gasteiger partial charge on any atom is -0.355 e. The van der Waals surface area contributed by atoms with Gasteiger partial charge in [-0.05, 0) is 31.9 Å². The van der Waals surface area contributed by atoms with Crippen molar-refractivity contribution in [1.29, 1.82) is 0 Å². The van der Waals surface area contributed by atoms with Crippen LogP contribution in [0.3, 0.4) is 0 Å². The minimum absolute atomic E-state index is 0.0702. The third-order valence-corrected chi connectivity index (χ3v) is 5.57. The normalized spacial score (nSPS) is 15.2. The van der Waals surface area contributed by atoms with Crippen LogP contribution in [-0.2, 0) is 0 Å². The number of nitrogens with zero attached hydrogens (tertiary/aromatic N) is 5. The summed E-state index contributed by atoms with van der Waals surface area (Å²) in [6, 6.07) is 7.88. The SMILES string of the molecule is CCNC(=O)c1nc2ncnc(N3CCC(n4c(=O)[nH]c5ccccc54)CC3)c2[nH]1. The second kappa shape index (κ2) is 7.29. The standard InChI is InChI=1S/C20H22N8O2/c1-2-21-19(29)17-25-15-16(26-17)22-11-23-18(15)27-9-7-12(8-10-27)28-14-6-4-3-5-13(14)24-20(28)30/h3-6,11-12H,2,7-10H2,1H3,(H,21,29)(H,24,30)(H,22,23,25,26). The van der Waals surface area contributed by atoms with Gasteiger partial charge >= 0.3 is 5.69 Å². The van der Waals surface area contributed by atoms with E-state index >= 15 is 0 Å². The number of para-hydroxylation sites is 2. The van der Waals surface area contributed by atoms with Gasteiger partial charge in [0.1, 0.15) is 11.8 Å². The zero-order valence-corrected chi connectivity index (χ0v) is 16.6. The van der Waals surface area contributed by atoms with E-state index in [0.717, 1.165) is 42.8 Å². The van der Waals surface area contributed by atoms with Crippen molar-refractivity contribution in [2.24, 2.45) is 0 Å². The van der Waals surface area contributed by atoms with Crippen molar-refractivity contribution in [2.75, 3.05) is 24.5 Å². The molecule has 1 aromatic carbocycles. The average Bonchev–Trinajstić information content (AvgIpc) is 3.34. The van der Waals surface area contributed by atoms with Crippen molar-refractivity contribution in [3.63, 3.8) is 0 Å². The molecular weight excluding hydrogens is 384 g/mol. The van der Waals surface area contributed by atoms with E-state index in [1.165, 1.54) is 6.33 Å². The average molecular weight is 406 g/mol. The summed E-state index contributed by atoms with van der Waals surface area (Å²) < 4.78 is 1.87. The van der Waals surface area contributed by atoms with Gasteiger partial charge in [0.05, 0.1) is 11.0 Å². The summed E-state index contributed by atoms with van der Waals surface area (Å²) in [6.07, 6.45) is 3.09. The predicted octanol–water partition coefficient (Wildman–Crippen LogP) is 1.59. The molecule has 1 amide bonds. The molecule has 1 fully saturated rings. The van der Waals surface area contributed by atoms with Gasteiger partial charge in [-0.25, -0.2) is 19.7 Å². The predicted molar refractivity (Wildman–Crippen MR) is 113 cm³/mol. The third-order valence-electron chi connectivity index (χ3n) is 5.57. The fraction of sp³-hybridized carbons (Fsp3) is 0.350. The second-order valence-electron chi connectivity index (χ2n) is 7.38. The number of amides is 1. The van der Waals surface area contributed by atoms with Crippen molar-refractivity contribution >= 4 is 33.9 Å². The number of benzene rings is 1. The molecule has 4 aromatic rings. The lowest BCUT2D eigenvalue weighted by Gasteiger charge is -2.33. The molecule has 0 saturated carbocycles. The number of hydrogen-bond acceptors (Lipinski definition) is 6. The highest BCUT2D eigenvalue weighted by Crippen LogP contribution is 2.29. The second-order valence-corrected chi connectivity index (χ2v) is 7.38. The lowest BCUT2D eigenvalue weighted by atomic mass is 10.0. The monoisotopic (exact) mass is 406 g/mol. The van der Waals surface area contributed by atoms with Gasteiger partial charge < -0.3 is 20.2 Å². The Hall–Kier alpha value is -3.69. The lowest BCUT2D eigenvalue weighted by molar-refractivity contribution is 0.0946. The molecule has 5 rings (SSSR count). The number of piperidine rings is 1. The first-order valence-corrected chi connectivity index (χ1v) is 10.1. The highest BCUT2D eigenvalue weighted by atomic mass is 16.2. The van der Waals surface area contributed by atoms with Crippen LogP contribution < -0.4 is 15.9 Å². The number of nitrogens with one attached hydrogen (secondary N) is 3. The van der Waals surface area contributed by atoms with Crippen LogP contribution in [0.15, 0.2) is 35.4 Å². The molecule has 1 saturated heterocycles. The Morgan fingerprint density at radius 3 is 2.80 bits per heavy atom. The molecule has 3 N–H and O–H groups in total. The molecule has 154 valence electrons. The van der Waals surface area contributed by atoms with Gasteiger partial charge in [0, 0.05) is 25.7 Å². The number of anilines is 1. The molecule has 0 spiro atoms. The van der Waals surface area contributed by atoms with Crippen LogP contribution in [0.4, 0.5) is 5.82 Å². The number of aromatic nitrogens is 6. The van der Waals surface area contributed by atoms with Gasteiger partial charge in [0.2, 0.25) is 0 Å². The van der Waals surface area contributed by atoms with Gasteiger partial charge in [-0.15, -0.1) is 0 Å². The highest BCUT2D eigenvalue weighted by molar-refractivity contribution is 5.95. The van der Waals surface area contributed by atoms with E-state index < -0.39 is 0 Å². The van der Waals surface area contributed by atoms with Gasteiger partial charge in [-0.1, -0.05) is 12.1 Å². The maximum absolute atomic E-state index is 12.5. The molecule has 0 atom stereocenters. The summed E-state index contributed by atoms with van der Waals surface area (Å²) in [5.41, 5.74) is 2.85. The van der Waals surface area contributed by atoms with Gasteiger partial charge in [-0.3, -0.25) is 9.36 Å². The molecule has 10 nitrogen and oxygen atoms in total. The molecular formula is C20H22N8O2. The maximum atomic E-state index is 12.5. The quantitative estimate of drug-likeness (QED) is 0.473. The molecule has 10 heteroatoms. The summed E-state index contributed by atoms with van der Waals surface area (Å²) >= 11 is 0. The Labute approximate surface area is 171 Å². The molecule has 30 heavy (non-hydrogen) atoms. The van der Waals surface area contributed by atoms with E-state index in [2.05, 4.69) is 35.1 Å². The molecule has 1 aliphatic rings. The van der Waals surface area contributed by atoms with E-state index in [-0.39, 0.29) is 23.5 Å². The van der Waals surface area contributed by atoms with Crippen molar-refractivity contribution in [1.82, 2.24) is 34.8 Å². The summed E-state index contributed by atoms with van der Waals surface area (Å²) in [7, 11) is 0. The van der Waals surface area contributed by atoms with Crippen LogP contribution in [0.5, 0.6) is 0 Å². The Kier molecular flexibility index (Phi) is 4.46. The smallest absolute Gasteiger partial charge is 0.326 e. The third kappa shape index (κ3) is 3.00. The van der Waals surface area contributed by atoms with Crippen LogP contribution >= 0.6 is 0 Å². The number of carbonyl (C=O) groups is 1. The number of fused-ring (bicyclic) bond motifs is 2. The lowest BCUT2D eigenvalue weighted by Crippen LogP contribution is -2.37. The number of carbonyl (C=O) groups excluding carboxylic acids is 1. The largest absolute Gasteiger partial charge is 0.355 e. The fourth-order valence-corrected chi connectivity index (χ4v) is 4.18. The molecule has 0 aliphatic carbocycles. The molecule has 1 aliphatic heterocycles. The Morgan fingerprint density at radius 1 is 1.20 bits per heavy atom. The molecule has 0 unspecified atom stereocenters. The van der Waals surface area contributed by atoms with E-state index in [1.54, 1.807) is 0 Å². The first-order chi connectivity index (χ1) is 14.7. The Balaban J connectivity index is 1.40. The topological polar surface area (TPSA) is 125 Å². The molecule has 0 bridgehead atoms. The van der Waals surface area contributed by atoms with Crippen LogP contribution in [0, 0.1) is 0 Å². The number of rotatable bonds is 4. The molecule has 3 aromatic heterocycles. The Morgan fingerprint density at radius 2 is 2.00 bits per heavy atom. The Bertz CT molecular complexity index is 1280. The maximum Gasteiger partial charge on any atom is 0.326 e. The van der Waals surface area contributed by atoms with Crippen LogP contribution in [-0.4, -0.2) is 55.0 Å². The van der Waals surface area contributed by atoms with Crippen molar-refractivity contribution in [3.05, 3.63) is 46.9 Å². The fourth-order valence-electron chi connectivity index (χ4n) is 4.18. The summed E-state index contributed by atoms with van der Waals surface area (Å²) in [5, 5.41) is 2.73. The van der Waals surface area contributed by atoms with E-state index in [0.29, 0.717) is 17.7 Å². The molecule has 4 heterocycles. The molecule has 0 radical (unpaired) electrons. The van der Waals surface area contributed by atoms with E-state index in [1.807, 2.05) is 35.8 Å². The van der Waals surface area contributed by atoms with Crippen LogP contribution in [0.2, 0.25) is 0 Å². The number of aromatic amines is 2. The summed E-state index contributed by atoms with van der Waals surface area (Å²) in [6.45, 7) is 3.85.